The number of rotatable bonds is 4. The summed E-state index contributed by atoms with van der Waals surface area (Å²) in [4.78, 5) is 4.42. The van der Waals surface area contributed by atoms with Crippen molar-refractivity contribution in [1.82, 2.24) is 4.98 Å². The first-order valence-corrected chi connectivity index (χ1v) is 7.76. The van der Waals surface area contributed by atoms with E-state index in [0.29, 0.717) is 5.92 Å². The Morgan fingerprint density at radius 3 is 2.95 bits per heavy atom. The van der Waals surface area contributed by atoms with Crippen molar-refractivity contribution in [3.63, 3.8) is 0 Å². The molecule has 2 N–H and O–H groups in total. The second-order valence-corrected chi connectivity index (χ2v) is 6.66. The molecule has 4 heteroatoms. The van der Waals surface area contributed by atoms with Crippen LogP contribution >= 0.6 is 15.9 Å². The molecule has 0 radical (unpaired) electrons. The SMILES string of the molecule is COC1(C(N)Cc2ccc(Br)cn2)CCCC(C)C1. The molecule has 3 nitrogen and oxygen atoms in total. The third-order valence-electron chi connectivity index (χ3n) is 4.29. The molecule has 19 heavy (non-hydrogen) atoms. The number of ether oxygens (including phenoxy) is 1. The fourth-order valence-corrected chi connectivity index (χ4v) is 3.39. The number of methoxy groups -OCH3 is 1. The third-order valence-corrected chi connectivity index (χ3v) is 4.76. The largest absolute Gasteiger partial charge is 0.377 e. The van der Waals surface area contributed by atoms with E-state index in [2.05, 4.69) is 27.8 Å². The van der Waals surface area contributed by atoms with Crippen molar-refractivity contribution in [3.05, 3.63) is 28.5 Å². The molecule has 3 atom stereocenters. The summed E-state index contributed by atoms with van der Waals surface area (Å²) in [7, 11) is 1.80. The zero-order chi connectivity index (χ0) is 13.9. The van der Waals surface area contributed by atoms with Crippen LogP contribution in [-0.2, 0) is 11.2 Å². The summed E-state index contributed by atoms with van der Waals surface area (Å²) in [5.74, 6) is 0.692. The van der Waals surface area contributed by atoms with Crippen LogP contribution in [0.1, 0.15) is 38.3 Å². The average molecular weight is 327 g/mol. The zero-order valence-corrected chi connectivity index (χ0v) is 13.3. The van der Waals surface area contributed by atoms with Gasteiger partial charge in [0.25, 0.3) is 0 Å². The van der Waals surface area contributed by atoms with E-state index in [9.17, 15) is 0 Å². The van der Waals surface area contributed by atoms with Crippen LogP contribution in [0.25, 0.3) is 0 Å². The fraction of sp³-hybridized carbons (Fsp3) is 0.667. The first-order chi connectivity index (χ1) is 9.05. The predicted octanol–water partition coefficient (Wildman–Crippen LogP) is 3.31. The van der Waals surface area contributed by atoms with Crippen molar-refractivity contribution in [2.24, 2.45) is 11.7 Å². The lowest BCUT2D eigenvalue weighted by Gasteiger charge is -2.43. The van der Waals surface area contributed by atoms with E-state index in [1.165, 1.54) is 12.8 Å². The molecule has 0 aromatic carbocycles. The maximum atomic E-state index is 6.45. The maximum absolute atomic E-state index is 6.45. The normalized spacial score (nSPS) is 29.2. The van der Waals surface area contributed by atoms with E-state index in [4.69, 9.17) is 10.5 Å². The summed E-state index contributed by atoms with van der Waals surface area (Å²) in [6.45, 7) is 2.29. The van der Waals surface area contributed by atoms with E-state index < -0.39 is 0 Å². The van der Waals surface area contributed by atoms with Gasteiger partial charge < -0.3 is 10.5 Å². The van der Waals surface area contributed by atoms with Crippen LogP contribution < -0.4 is 5.73 Å². The summed E-state index contributed by atoms with van der Waals surface area (Å²) in [6.07, 6.45) is 7.20. The van der Waals surface area contributed by atoms with Crippen LogP contribution in [0.4, 0.5) is 0 Å². The number of hydrogen-bond donors (Lipinski definition) is 1. The number of nitrogens with zero attached hydrogens (tertiary/aromatic N) is 1. The highest BCUT2D eigenvalue weighted by atomic mass is 79.9. The summed E-state index contributed by atoms with van der Waals surface area (Å²) >= 11 is 3.40. The fourth-order valence-electron chi connectivity index (χ4n) is 3.16. The zero-order valence-electron chi connectivity index (χ0n) is 11.7. The topological polar surface area (TPSA) is 48.1 Å². The quantitative estimate of drug-likeness (QED) is 0.923. The van der Waals surface area contributed by atoms with E-state index in [-0.39, 0.29) is 11.6 Å². The standard InChI is InChI=1S/C15H23BrN2O/c1-11-4-3-7-15(9-11,19-2)14(17)8-13-6-5-12(16)10-18-13/h5-6,10-11,14H,3-4,7-9,17H2,1-2H3. The molecule has 0 saturated heterocycles. The van der Waals surface area contributed by atoms with Crippen molar-refractivity contribution in [3.8, 4) is 0 Å². The number of halogens is 1. The molecule has 0 spiro atoms. The van der Waals surface area contributed by atoms with Crippen molar-refractivity contribution in [1.29, 1.82) is 0 Å². The van der Waals surface area contributed by atoms with Crippen LogP contribution in [-0.4, -0.2) is 23.7 Å². The van der Waals surface area contributed by atoms with Crippen LogP contribution in [0, 0.1) is 5.92 Å². The highest BCUT2D eigenvalue weighted by molar-refractivity contribution is 9.10. The molecule has 1 aliphatic rings. The smallest absolute Gasteiger partial charge is 0.0835 e. The molecular weight excluding hydrogens is 304 g/mol. The number of pyridine rings is 1. The molecular formula is C15H23BrN2O. The Bertz CT molecular complexity index is 409. The van der Waals surface area contributed by atoms with Gasteiger partial charge in [-0.2, -0.15) is 0 Å². The minimum atomic E-state index is -0.174. The summed E-state index contributed by atoms with van der Waals surface area (Å²) in [6, 6.07) is 4.05. The molecule has 1 aromatic rings. The Morgan fingerprint density at radius 2 is 2.37 bits per heavy atom. The van der Waals surface area contributed by atoms with Gasteiger partial charge >= 0.3 is 0 Å². The molecule has 1 aromatic heterocycles. The first kappa shape index (κ1) is 14.9. The van der Waals surface area contributed by atoms with Crippen LogP contribution in [0.5, 0.6) is 0 Å². The second kappa shape index (κ2) is 6.33. The van der Waals surface area contributed by atoms with Gasteiger partial charge in [-0.15, -0.1) is 0 Å². The Hall–Kier alpha value is -0.450. The van der Waals surface area contributed by atoms with E-state index >= 15 is 0 Å². The highest BCUT2D eigenvalue weighted by Crippen LogP contribution is 2.37. The molecule has 106 valence electrons. The third kappa shape index (κ3) is 3.56. The van der Waals surface area contributed by atoms with Gasteiger partial charge in [-0.3, -0.25) is 4.98 Å². The van der Waals surface area contributed by atoms with Gasteiger partial charge in [0.15, 0.2) is 0 Å². The Labute approximate surface area is 124 Å². The number of aromatic nitrogens is 1. The summed E-state index contributed by atoms with van der Waals surface area (Å²) in [5.41, 5.74) is 7.31. The van der Waals surface area contributed by atoms with Gasteiger partial charge in [-0.1, -0.05) is 19.8 Å². The lowest BCUT2D eigenvalue weighted by molar-refractivity contribution is -0.0706. The number of nitrogens with two attached hydrogens (primary N) is 1. The Kier molecular flexibility index (Phi) is 4.98. The first-order valence-electron chi connectivity index (χ1n) is 6.97. The lowest BCUT2D eigenvalue weighted by Crippen LogP contribution is -2.53. The monoisotopic (exact) mass is 326 g/mol. The Morgan fingerprint density at radius 1 is 1.58 bits per heavy atom. The molecule has 0 aliphatic heterocycles. The molecule has 3 unspecified atom stereocenters. The van der Waals surface area contributed by atoms with E-state index in [1.54, 1.807) is 7.11 Å². The molecule has 1 aliphatic carbocycles. The molecule has 0 bridgehead atoms. The molecule has 0 amide bonds. The molecule has 1 heterocycles. The van der Waals surface area contributed by atoms with Crippen LogP contribution in [0.15, 0.2) is 22.8 Å². The van der Waals surface area contributed by atoms with Crippen molar-refractivity contribution < 1.29 is 4.74 Å². The van der Waals surface area contributed by atoms with Crippen molar-refractivity contribution >= 4 is 15.9 Å². The maximum Gasteiger partial charge on any atom is 0.0835 e. The minimum absolute atomic E-state index is 0.00826. The Balaban J connectivity index is 2.08. The number of hydrogen-bond acceptors (Lipinski definition) is 3. The van der Waals surface area contributed by atoms with Gasteiger partial charge in [0.05, 0.1) is 5.60 Å². The van der Waals surface area contributed by atoms with Gasteiger partial charge in [-0.05, 0) is 46.8 Å². The van der Waals surface area contributed by atoms with Gasteiger partial charge in [-0.25, -0.2) is 0 Å². The van der Waals surface area contributed by atoms with Gasteiger partial charge in [0, 0.05) is 35.9 Å². The second-order valence-electron chi connectivity index (χ2n) is 5.75. The minimum Gasteiger partial charge on any atom is -0.377 e. The van der Waals surface area contributed by atoms with Crippen molar-refractivity contribution in [2.75, 3.05) is 7.11 Å². The van der Waals surface area contributed by atoms with Crippen molar-refractivity contribution in [2.45, 2.75) is 50.7 Å². The van der Waals surface area contributed by atoms with E-state index in [0.717, 1.165) is 29.4 Å². The highest BCUT2D eigenvalue weighted by Gasteiger charge is 2.40. The molecule has 1 fully saturated rings. The lowest BCUT2D eigenvalue weighted by atomic mass is 9.73. The summed E-state index contributed by atoms with van der Waals surface area (Å²) in [5, 5.41) is 0. The average Bonchev–Trinajstić information content (AvgIpc) is 2.41. The van der Waals surface area contributed by atoms with E-state index in [1.807, 2.05) is 18.3 Å². The van der Waals surface area contributed by atoms with Crippen LogP contribution in [0.3, 0.4) is 0 Å². The van der Waals surface area contributed by atoms with Crippen LogP contribution in [0.2, 0.25) is 0 Å². The molecule has 1 saturated carbocycles. The van der Waals surface area contributed by atoms with Gasteiger partial charge in [0.2, 0.25) is 0 Å². The predicted molar refractivity (Wildman–Crippen MR) is 81.0 cm³/mol. The van der Waals surface area contributed by atoms with Gasteiger partial charge in [0.1, 0.15) is 0 Å². The summed E-state index contributed by atoms with van der Waals surface area (Å²) < 4.78 is 6.84. The molecule has 2 rings (SSSR count).